The van der Waals surface area contributed by atoms with E-state index < -0.39 is 17.6 Å². The van der Waals surface area contributed by atoms with Gasteiger partial charge >= 0.3 is 6.18 Å². The summed E-state index contributed by atoms with van der Waals surface area (Å²) in [6, 6.07) is 5.52. The number of hydrogen-bond donors (Lipinski definition) is 2. The number of hydrogen-bond acceptors (Lipinski definition) is 3. The molecule has 7 heteroatoms. The van der Waals surface area contributed by atoms with Crippen LogP contribution in [-0.2, 0) is 6.18 Å². The van der Waals surface area contributed by atoms with Crippen LogP contribution in [0.25, 0.3) is 0 Å². The number of carbonyl (C=O) groups is 1. The Labute approximate surface area is 118 Å². The van der Waals surface area contributed by atoms with Crippen molar-refractivity contribution in [3.63, 3.8) is 0 Å². The van der Waals surface area contributed by atoms with E-state index in [1.54, 1.807) is 13.0 Å². The highest BCUT2D eigenvalue weighted by Crippen LogP contribution is 2.29. The van der Waals surface area contributed by atoms with Gasteiger partial charge in [0.15, 0.2) is 0 Å². The Balaban J connectivity index is 2.15. The summed E-state index contributed by atoms with van der Waals surface area (Å²) >= 11 is 0. The Morgan fingerprint density at radius 3 is 2.38 bits per heavy atom. The van der Waals surface area contributed by atoms with Crippen LogP contribution in [0.3, 0.4) is 0 Å². The summed E-state index contributed by atoms with van der Waals surface area (Å²) in [6.45, 7) is 1.75. The average Bonchev–Trinajstić information content (AvgIpc) is 2.42. The summed E-state index contributed by atoms with van der Waals surface area (Å²) in [5, 5.41) is 2.50. The number of alkyl halides is 3. The quantitative estimate of drug-likeness (QED) is 0.893. The van der Waals surface area contributed by atoms with E-state index in [0.717, 1.165) is 29.8 Å². The van der Waals surface area contributed by atoms with Gasteiger partial charge in [0.1, 0.15) is 5.82 Å². The number of carbonyl (C=O) groups excluding carboxylic acids is 1. The number of nitrogen functional groups attached to an aromatic ring is 1. The largest absolute Gasteiger partial charge is 0.416 e. The molecule has 0 spiro atoms. The summed E-state index contributed by atoms with van der Waals surface area (Å²) in [4.78, 5) is 15.8. The number of anilines is 2. The highest BCUT2D eigenvalue weighted by molar-refractivity contribution is 6.03. The SMILES string of the molecule is Cc1cc(NC(=O)c2ccc(C(F)(F)F)cc2)ncc1N. The molecule has 1 aromatic carbocycles. The molecule has 0 aliphatic rings. The molecule has 0 saturated carbocycles. The highest BCUT2D eigenvalue weighted by atomic mass is 19.4. The van der Waals surface area contributed by atoms with Gasteiger partial charge in [-0.05, 0) is 42.8 Å². The minimum absolute atomic E-state index is 0.110. The van der Waals surface area contributed by atoms with Crippen molar-refractivity contribution in [1.29, 1.82) is 0 Å². The van der Waals surface area contributed by atoms with Gasteiger partial charge in [-0.25, -0.2) is 4.98 Å². The lowest BCUT2D eigenvalue weighted by atomic mass is 10.1. The summed E-state index contributed by atoms with van der Waals surface area (Å²) in [5.41, 5.74) is 6.14. The van der Waals surface area contributed by atoms with Gasteiger partial charge in [0, 0.05) is 5.56 Å². The van der Waals surface area contributed by atoms with Gasteiger partial charge in [-0.15, -0.1) is 0 Å². The molecule has 0 bridgehead atoms. The summed E-state index contributed by atoms with van der Waals surface area (Å²) in [7, 11) is 0. The van der Waals surface area contributed by atoms with Crippen molar-refractivity contribution in [3.8, 4) is 0 Å². The number of pyridine rings is 1. The van der Waals surface area contributed by atoms with Crippen LogP contribution in [0.2, 0.25) is 0 Å². The van der Waals surface area contributed by atoms with Crippen molar-refractivity contribution < 1.29 is 18.0 Å². The van der Waals surface area contributed by atoms with E-state index >= 15 is 0 Å². The molecule has 0 radical (unpaired) electrons. The first-order chi connectivity index (χ1) is 9.77. The first-order valence-corrected chi connectivity index (χ1v) is 5.98. The Morgan fingerprint density at radius 2 is 1.86 bits per heavy atom. The topological polar surface area (TPSA) is 68.0 Å². The van der Waals surface area contributed by atoms with Gasteiger partial charge < -0.3 is 11.1 Å². The molecular formula is C14H12F3N3O. The molecule has 0 saturated heterocycles. The fraction of sp³-hybridized carbons (Fsp3) is 0.143. The minimum atomic E-state index is -4.43. The predicted molar refractivity (Wildman–Crippen MR) is 72.8 cm³/mol. The van der Waals surface area contributed by atoms with E-state index in [9.17, 15) is 18.0 Å². The lowest BCUT2D eigenvalue weighted by molar-refractivity contribution is -0.137. The van der Waals surface area contributed by atoms with Crippen molar-refractivity contribution in [1.82, 2.24) is 4.98 Å². The molecule has 1 aromatic heterocycles. The number of rotatable bonds is 2. The molecule has 1 heterocycles. The van der Waals surface area contributed by atoms with Gasteiger partial charge in [-0.3, -0.25) is 4.79 Å². The number of halogens is 3. The second-order valence-corrected chi connectivity index (χ2v) is 4.46. The van der Waals surface area contributed by atoms with Crippen LogP contribution < -0.4 is 11.1 Å². The average molecular weight is 295 g/mol. The van der Waals surface area contributed by atoms with Crippen molar-refractivity contribution in [3.05, 3.63) is 53.2 Å². The number of nitrogens with two attached hydrogens (primary N) is 1. The highest BCUT2D eigenvalue weighted by Gasteiger charge is 2.30. The van der Waals surface area contributed by atoms with Crippen LogP contribution in [0.1, 0.15) is 21.5 Å². The molecule has 3 N–H and O–H groups in total. The first-order valence-electron chi connectivity index (χ1n) is 5.98. The van der Waals surface area contributed by atoms with E-state index in [2.05, 4.69) is 10.3 Å². The van der Waals surface area contributed by atoms with Gasteiger partial charge in [-0.1, -0.05) is 0 Å². The number of nitrogens with zero attached hydrogens (tertiary/aromatic N) is 1. The number of nitrogens with one attached hydrogen (secondary N) is 1. The number of aryl methyl sites for hydroxylation is 1. The van der Waals surface area contributed by atoms with E-state index in [-0.39, 0.29) is 11.4 Å². The zero-order chi connectivity index (χ0) is 15.6. The van der Waals surface area contributed by atoms with Crippen molar-refractivity contribution in [2.45, 2.75) is 13.1 Å². The predicted octanol–water partition coefficient (Wildman–Crippen LogP) is 3.24. The smallest absolute Gasteiger partial charge is 0.397 e. The van der Waals surface area contributed by atoms with Crippen LogP contribution in [0, 0.1) is 6.92 Å². The maximum atomic E-state index is 12.4. The van der Waals surface area contributed by atoms with Gasteiger partial charge in [0.25, 0.3) is 5.91 Å². The van der Waals surface area contributed by atoms with Crippen LogP contribution in [0.15, 0.2) is 36.5 Å². The summed E-state index contributed by atoms with van der Waals surface area (Å²) < 4.78 is 37.3. The van der Waals surface area contributed by atoms with Gasteiger partial charge in [-0.2, -0.15) is 13.2 Å². The van der Waals surface area contributed by atoms with Crippen molar-refractivity contribution in [2.24, 2.45) is 0 Å². The third-order valence-corrected chi connectivity index (χ3v) is 2.87. The van der Waals surface area contributed by atoms with E-state index in [1.807, 2.05) is 0 Å². The van der Waals surface area contributed by atoms with Crippen LogP contribution in [-0.4, -0.2) is 10.9 Å². The lowest BCUT2D eigenvalue weighted by Crippen LogP contribution is -2.14. The molecule has 0 unspecified atom stereocenters. The summed E-state index contributed by atoms with van der Waals surface area (Å²) in [5.74, 6) is -0.257. The van der Waals surface area contributed by atoms with Crippen molar-refractivity contribution >= 4 is 17.4 Å². The molecule has 2 rings (SSSR count). The molecule has 2 aromatic rings. The Hall–Kier alpha value is -2.57. The normalized spacial score (nSPS) is 11.2. The zero-order valence-corrected chi connectivity index (χ0v) is 11.0. The third kappa shape index (κ3) is 3.50. The lowest BCUT2D eigenvalue weighted by Gasteiger charge is -2.09. The molecule has 0 atom stereocenters. The summed E-state index contributed by atoms with van der Waals surface area (Å²) in [6.07, 6.45) is -3.03. The standard InChI is InChI=1S/C14H12F3N3O/c1-8-6-12(19-7-11(8)18)20-13(21)9-2-4-10(5-3-9)14(15,16)17/h2-7H,18H2,1H3,(H,19,20,21). The maximum Gasteiger partial charge on any atom is 0.416 e. The number of amides is 1. The Morgan fingerprint density at radius 1 is 1.24 bits per heavy atom. The molecule has 21 heavy (non-hydrogen) atoms. The van der Waals surface area contributed by atoms with Crippen molar-refractivity contribution in [2.75, 3.05) is 11.1 Å². The first kappa shape index (κ1) is 14.8. The molecule has 4 nitrogen and oxygen atoms in total. The third-order valence-electron chi connectivity index (χ3n) is 2.87. The maximum absolute atomic E-state index is 12.4. The van der Waals surface area contributed by atoms with Crippen LogP contribution >= 0.6 is 0 Å². The molecule has 0 fully saturated rings. The van der Waals surface area contributed by atoms with E-state index in [0.29, 0.717) is 5.69 Å². The fourth-order valence-corrected chi connectivity index (χ4v) is 1.63. The molecule has 0 aliphatic heterocycles. The Kier molecular flexibility index (Phi) is 3.84. The number of benzene rings is 1. The zero-order valence-electron chi connectivity index (χ0n) is 11.0. The van der Waals surface area contributed by atoms with Crippen LogP contribution in [0.4, 0.5) is 24.7 Å². The van der Waals surface area contributed by atoms with Gasteiger partial charge in [0.2, 0.25) is 0 Å². The number of aromatic nitrogens is 1. The monoisotopic (exact) mass is 295 g/mol. The fourth-order valence-electron chi connectivity index (χ4n) is 1.63. The van der Waals surface area contributed by atoms with Crippen LogP contribution in [0.5, 0.6) is 0 Å². The molecule has 110 valence electrons. The van der Waals surface area contributed by atoms with E-state index in [1.165, 1.54) is 6.20 Å². The minimum Gasteiger partial charge on any atom is -0.397 e. The van der Waals surface area contributed by atoms with E-state index in [4.69, 9.17) is 5.73 Å². The molecule has 1 amide bonds. The Bertz CT molecular complexity index is 666. The second-order valence-electron chi connectivity index (χ2n) is 4.46. The van der Waals surface area contributed by atoms with Gasteiger partial charge in [0.05, 0.1) is 17.4 Å². The molecule has 0 aliphatic carbocycles. The second kappa shape index (κ2) is 5.43. The molecular weight excluding hydrogens is 283 g/mol.